The second-order valence-electron chi connectivity index (χ2n) is 5.48. The van der Waals surface area contributed by atoms with Crippen molar-refractivity contribution >= 4 is 17.2 Å². The van der Waals surface area contributed by atoms with Gasteiger partial charge in [-0.1, -0.05) is 23.3 Å². The number of carbonyl (C=O) groups is 1. The highest BCUT2D eigenvalue weighted by Gasteiger charge is 2.18. The van der Waals surface area contributed by atoms with E-state index in [1.54, 1.807) is 6.92 Å². The molecule has 1 amide bonds. The van der Waals surface area contributed by atoms with E-state index >= 15 is 0 Å². The summed E-state index contributed by atoms with van der Waals surface area (Å²) in [5.74, 6) is -0.487. The quantitative estimate of drug-likeness (QED) is 0.674. The maximum Gasteiger partial charge on any atom is 0.437 e. The number of nitrogens with zero attached hydrogens (tertiary/aromatic N) is 4. The minimum absolute atomic E-state index is 0.0694. The molecule has 0 fully saturated rings. The van der Waals surface area contributed by atoms with Crippen molar-refractivity contribution in [2.24, 2.45) is 0 Å². The average molecular weight is 363 g/mol. The first-order chi connectivity index (χ1) is 12.1. The molecule has 0 spiro atoms. The maximum atomic E-state index is 12.1. The molecule has 0 unspecified atom stereocenters. The second-order valence-corrected chi connectivity index (χ2v) is 6.43. The third kappa shape index (κ3) is 4.02. The van der Waals surface area contributed by atoms with Crippen LogP contribution in [0, 0.1) is 6.92 Å². The third-order valence-corrected chi connectivity index (χ3v) is 4.52. The molecule has 0 aliphatic rings. The van der Waals surface area contributed by atoms with Crippen molar-refractivity contribution < 1.29 is 13.8 Å². The number of aryl methyl sites for hydroxylation is 1. The highest BCUT2D eigenvalue weighted by molar-refractivity contribution is 7.13. The number of hydrogen-bond donors (Lipinski definition) is 1. The van der Waals surface area contributed by atoms with E-state index in [2.05, 4.69) is 25.4 Å². The van der Waals surface area contributed by atoms with Crippen molar-refractivity contribution in [3.05, 3.63) is 39.5 Å². The fourth-order valence-corrected chi connectivity index (χ4v) is 2.89. The Hall–Kier alpha value is -2.75. The number of carbonyl (C=O) groups excluding carboxylic acids is 1. The Bertz CT molecular complexity index is 895. The van der Waals surface area contributed by atoms with Crippen LogP contribution in [-0.4, -0.2) is 32.0 Å². The molecule has 10 heteroatoms. The van der Waals surface area contributed by atoms with Crippen molar-refractivity contribution in [1.82, 2.24) is 25.4 Å². The second kappa shape index (κ2) is 7.43. The lowest BCUT2D eigenvalue weighted by atomic mass is 10.2. The van der Waals surface area contributed by atoms with E-state index < -0.39 is 5.76 Å². The molecule has 0 aliphatic heterocycles. The zero-order valence-corrected chi connectivity index (χ0v) is 14.6. The van der Waals surface area contributed by atoms with Crippen molar-refractivity contribution in [2.45, 2.75) is 39.3 Å². The van der Waals surface area contributed by atoms with Crippen LogP contribution in [0.4, 0.5) is 0 Å². The Kier molecular flexibility index (Phi) is 5.08. The minimum atomic E-state index is -0.548. The van der Waals surface area contributed by atoms with Crippen LogP contribution in [0.3, 0.4) is 0 Å². The van der Waals surface area contributed by atoms with Crippen molar-refractivity contribution in [3.63, 3.8) is 0 Å². The topological polar surface area (TPSA) is 116 Å². The number of rotatable bonds is 7. The third-order valence-electron chi connectivity index (χ3n) is 3.66. The molecule has 0 aromatic carbocycles. The lowest BCUT2D eigenvalue weighted by Gasteiger charge is -2.15. The van der Waals surface area contributed by atoms with Crippen molar-refractivity contribution in [1.29, 1.82) is 0 Å². The Labute approximate surface area is 146 Å². The van der Waals surface area contributed by atoms with Gasteiger partial charge in [0.25, 0.3) is 5.89 Å². The summed E-state index contributed by atoms with van der Waals surface area (Å²) in [5.41, 5.74) is 1.07. The lowest BCUT2D eigenvalue weighted by Crippen LogP contribution is -2.40. The number of aromatic nitrogens is 4. The molecule has 3 aromatic rings. The minimum Gasteiger partial charge on any atom is -0.387 e. The van der Waals surface area contributed by atoms with E-state index in [1.807, 2.05) is 24.4 Å². The van der Waals surface area contributed by atoms with E-state index in [0.29, 0.717) is 17.8 Å². The van der Waals surface area contributed by atoms with Gasteiger partial charge in [0, 0.05) is 6.04 Å². The summed E-state index contributed by atoms with van der Waals surface area (Å²) >= 11 is 1.44. The zero-order valence-electron chi connectivity index (χ0n) is 13.8. The highest BCUT2D eigenvalue weighted by atomic mass is 32.1. The number of hydrogen-bond acceptors (Lipinski definition) is 8. The molecular weight excluding hydrogens is 346 g/mol. The van der Waals surface area contributed by atoms with Gasteiger partial charge in [-0.3, -0.25) is 4.79 Å². The zero-order chi connectivity index (χ0) is 17.8. The van der Waals surface area contributed by atoms with Crippen molar-refractivity contribution in [3.8, 4) is 10.8 Å². The first-order valence-electron chi connectivity index (χ1n) is 7.76. The smallest absolute Gasteiger partial charge is 0.387 e. The number of thiophene rings is 1. The van der Waals surface area contributed by atoms with Crippen LogP contribution in [0.15, 0.2) is 31.4 Å². The lowest BCUT2D eigenvalue weighted by molar-refractivity contribution is -0.121. The summed E-state index contributed by atoms with van der Waals surface area (Å²) in [6.45, 7) is 3.86. The van der Waals surface area contributed by atoms with E-state index in [-0.39, 0.29) is 30.8 Å². The summed E-state index contributed by atoms with van der Waals surface area (Å²) < 4.78 is 11.0. The Balaban J connectivity index is 1.65. The summed E-state index contributed by atoms with van der Waals surface area (Å²) in [5, 5.41) is 16.3. The molecule has 1 atom stereocenters. The summed E-state index contributed by atoms with van der Waals surface area (Å²) in [6.07, 6.45) is 0.704. The van der Waals surface area contributed by atoms with Gasteiger partial charge in [0.1, 0.15) is 11.4 Å². The summed E-state index contributed by atoms with van der Waals surface area (Å²) in [6, 6.07) is 3.43. The monoisotopic (exact) mass is 363 g/mol. The van der Waals surface area contributed by atoms with Crippen LogP contribution in [0.25, 0.3) is 10.8 Å². The Morgan fingerprint density at radius 3 is 2.92 bits per heavy atom. The van der Waals surface area contributed by atoms with Gasteiger partial charge < -0.3 is 9.73 Å². The van der Waals surface area contributed by atoms with Crippen LogP contribution < -0.4 is 11.1 Å². The van der Waals surface area contributed by atoms with E-state index in [9.17, 15) is 9.59 Å². The highest BCUT2D eigenvalue weighted by Crippen LogP contribution is 2.21. The molecular formula is C15H17N5O4S. The Morgan fingerprint density at radius 2 is 2.28 bits per heavy atom. The summed E-state index contributed by atoms with van der Waals surface area (Å²) in [4.78, 5) is 24.9. The van der Waals surface area contributed by atoms with Gasteiger partial charge in [0.05, 0.1) is 17.8 Å². The molecule has 0 radical (unpaired) electrons. The van der Waals surface area contributed by atoms with Gasteiger partial charge in [-0.15, -0.1) is 16.4 Å². The van der Waals surface area contributed by atoms with Gasteiger partial charge in [-0.05, 0) is 24.8 Å². The number of nitrogens with one attached hydrogen (secondary N) is 1. The summed E-state index contributed by atoms with van der Waals surface area (Å²) in [7, 11) is 0. The molecule has 25 heavy (non-hydrogen) atoms. The van der Waals surface area contributed by atoms with Crippen LogP contribution in [-0.2, 0) is 17.8 Å². The standard InChI is InChI=1S/C15H17N5O4S/c1-3-10(16-13(21)7-11-9(2)18-24-19-11)8-20-15(22)23-14(17-20)12-5-4-6-25-12/h4-6,10H,3,7-8H2,1-2H3,(H,16,21)/t10-/m0/s1. The van der Waals surface area contributed by atoms with Gasteiger partial charge in [0.2, 0.25) is 5.91 Å². The first-order valence-corrected chi connectivity index (χ1v) is 8.64. The first kappa shape index (κ1) is 17.1. The molecule has 0 saturated carbocycles. The molecule has 3 heterocycles. The molecule has 3 aromatic heterocycles. The molecule has 0 saturated heterocycles. The molecule has 3 rings (SSSR count). The van der Waals surface area contributed by atoms with Crippen LogP contribution in [0.1, 0.15) is 24.7 Å². The van der Waals surface area contributed by atoms with Crippen LogP contribution >= 0.6 is 11.3 Å². The fourth-order valence-electron chi connectivity index (χ4n) is 2.25. The van der Waals surface area contributed by atoms with Gasteiger partial charge in [-0.25, -0.2) is 9.42 Å². The molecule has 132 valence electrons. The van der Waals surface area contributed by atoms with E-state index in [0.717, 1.165) is 4.88 Å². The molecule has 9 nitrogen and oxygen atoms in total. The fraction of sp³-hybridized carbons (Fsp3) is 0.400. The number of amides is 1. The normalized spacial score (nSPS) is 12.2. The Morgan fingerprint density at radius 1 is 1.44 bits per heavy atom. The average Bonchev–Trinajstić information content (AvgIpc) is 3.30. The van der Waals surface area contributed by atoms with E-state index in [1.165, 1.54) is 16.0 Å². The maximum absolute atomic E-state index is 12.1. The largest absolute Gasteiger partial charge is 0.437 e. The van der Waals surface area contributed by atoms with E-state index in [4.69, 9.17) is 4.42 Å². The van der Waals surface area contributed by atoms with Gasteiger partial charge in [-0.2, -0.15) is 4.68 Å². The molecule has 0 bridgehead atoms. The van der Waals surface area contributed by atoms with Gasteiger partial charge >= 0.3 is 5.76 Å². The molecule has 1 N–H and O–H groups in total. The predicted octanol–water partition coefficient (Wildman–Crippen LogP) is 1.39. The van der Waals surface area contributed by atoms with Gasteiger partial charge in [0.15, 0.2) is 0 Å². The SMILES string of the molecule is CC[C@@H](Cn1nc(-c2cccs2)oc1=O)NC(=O)Cc1nonc1C. The van der Waals surface area contributed by atoms with Crippen LogP contribution in [0.2, 0.25) is 0 Å². The van der Waals surface area contributed by atoms with Crippen molar-refractivity contribution in [2.75, 3.05) is 0 Å². The van der Waals surface area contributed by atoms with Crippen LogP contribution in [0.5, 0.6) is 0 Å². The molecule has 0 aliphatic carbocycles. The predicted molar refractivity (Wildman–Crippen MR) is 89.0 cm³/mol.